The summed E-state index contributed by atoms with van der Waals surface area (Å²) in [6.45, 7) is 6.13. The highest BCUT2D eigenvalue weighted by Crippen LogP contribution is 2.25. The largest absolute Gasteiger partial charge is 0.495 e. The molecule has 1 rings (SSSR count). The minimum Gasteiger partial charge on any atom is -0.495 e. The van der Waals surface area contributed by atoms with Gasteiger partial charge in [0.25, 0.3) is 0 Å². The van der Waals surface area contributed by atoms with E-state index in [-0.39, 0.29) is 12.0 Å². The Balaban J connectivity index is 2.28. The minimum atomic E-state index is 0.0189. The highest BCUT2D eigenvalue weighted by Gasteiger charge is 2.15. The van der Waals surface area contributed by atoms with Crippen molar-refractivity contribution in [2.75, 3.05) is 20.3 Å². The van der Waals surface area contributed by atoms with Gasteiger partial charge in [0.2, 0.25) is 0 Å². The van der Waals surface area contributed by atoms with Gasteiger partial charge >= 0.3 is 0 Å². The van der Waals surface area contributed by atoms with Gasteiger partial charge in [0, 0.05) is 13.2 Å². The van der Waals surface area contributed by atoms with Crippen LogP contribution in [0.2, 0.25) is 5.02 Å². The molecule has 1 aromatic carbocycles. The third-order valence-electron chi connectivity index (χ3n) is 3.18. The van der Waals surface area contributed by atoms with Gasteiger partial charge < -0.3 is 15.2 Å². The number of aliphatic hydroxyl groups is 1. The van der Waals surface area contributed by atoms with Crippen molar-refractivity contribution in [1.29, 1.82) is 0 Å². The fraction of sp³-hybridized carbons (Fsp3) is 0.600. The normalized spacial score (nSPS) is 11.6. The van der Waals surface area contributed by atoms with Crippen molar-refractivity contribution >= 4 is 11.6 Å². The van der Waals surface area contributed by atoms with Gasteiger partial charge in [-0.2, -0.15) is 0 Å². The molecular formula is C15H24ClNO2. The Morgan fingerprint density at radius 2 is 2.11 bits per heavy atom. The zero-order valence-corrected chi connectivity index (χ0v) is 12.8. The molecule has 4 heteroatoms. The molecule has 0 aromatic heterocycles. The number of rotatable bonds is 8. The summed E-state index contributed by atoms with van der Waals surface area (Å²) in [5, 5.41) is 13.2. The van der Waals surface area contributed by atoms with Crippen molar-refractivity contribution in [1.82, 2.24) is 5.32 Å². The number of ether oxygens (including phenoxy) is 1. The summed E-state index contributed by atoms with van der Waals surface area (Å²) >= 11 is 6.07. The molecule has 0 aliphatic rings. The summed E-state index contributed by atoms with van der Waals surface area (Å²) < 4.78 is 5.12. The van der Waals surface area contributed by atoms with E-state index in [2.05, 4.69) is 19.2 Å². The van der Waals surface area contributed by atoms with Crippen LogP contribution in [0.5, 0.6) is 5.75 Å². The summed E-state index contributed by atoms with van der Waals surface area (Å²) in [7, 11) is 1.61. The van der Waals surface area contributed by atoms with E-state index in [1.165, 1.54) is 0 Å². The first kappa shape index (κ1) is 16.3. The van der Waals surface area contributed by atoms with Gasteiger partial charge in [-0.25, -0.2) is 0 Å². The smallest absolute Gasteiger partial charge is 0.137 e. The molecule has 2 N–H and O–H groups in total. The molecule has 3 nitrogen and oxygen atoms in total. The van der Waals surface area contributed by atoms with Crippen LogP contribution >= 0.6 is 11.6 Å². The summed E-state index contributed by atoms with van der Waals surface area (Å²) in [5.74, 6) is 0.704. The van der Waals surface area contributed by atoms with Crippen molar-refractivity contribution in [2.24, 2.45) is 5.41 Å². The van der Waals surface area contributed by atoms with Crippen molar-refractivity contribution in [3.05, 3.63) is 28.8 Å². The van der Waals surface area contributed by atoms with E-state index in [1.54, 1.807) is 7.11 Å². The summed E-state index contributed by atoms with van der Waals surface area (Å²) in [4.78, 5) is 0. The Labute approximate surface area is 120 Å². The molecule has 19 heavy (non-hydrogen) atoms. The van der Waals surface area contributed by atoms with Crippen LogP contribution in [0.15, 0.2) is 18.2 Å². The molecule has 0 heterocycles. The Morgan fingerprint density at radius 3 is 2.68 bits per heavy atom. The van der Waals surface area contributed by atoms with Crippen LogP contribution in [0.4, 0.5) is 0 Å². The molecule has 0 aliphatic heterocycles. The van der Waals surface area contributed by atoms with Crippen LogP contribution in [0, 0.1) is 5.41 Å². The molecule has 0 atom stereocenters. The second-order valence-electron chi connectivity index (χ2n) is 5.57. The SMILES string of the molecule is COc1ccc(CNCCCC(C)(C)CO)cc1Cl. The average molecular weight is 286 g/mol. The molecule has 1 aromatic rings. The third-order valence-corrected chi connectivity index (χ3v) is 3.48. The lowest BCUT2D eigenvalue weighted by molar-refractivity contribution is 0.148. The predicted molar refractivity (Wildman–Crippen MR) is 79.8 cm³/mol. The summed E-state index contributed by atoms with van der Waals surface area (Å²) in [6, 6.07) is 5.81. The number of hydrogen-bond donors (Lipinski definition) is 2. The number of aliphatic hydroxyl groups excluding tert-OH is 1. The molecule has 0 spiro atoms. The van der Waals surface area contributed by atoms with Gasteiger partial charge in [-0.3, -0.25) is 0 Å². The number of nitrogens with one attached hydrogen (secondary N) is 1. The van der Waals surface area contributed by atoms with Crippen LogP contribution in [0.1, 0.15) is 32.3 Å². The molecule has 0 unspecified atom stereocenters. The Kier molecular flexibility index (Phi) is 6.63. The van der Waals surface area contributed by atoms with Crippen molar-refractivity contribution < 1.29 is 9.84 Å². The average Bonchev–Trinajstić information content (AvgIpc) is 2.38. The fourth-order valence-electron chi connectivity index (χ4n) is 1.82. The van der Waals surface area contributed by atoms with Crippen LogP contribution in [-0.2, 0) is 6.54 Å². The maximum absolute atomic E-state index is 9.16. The summed E-state index contributed by atoms with van der Waals surface area (Å²) in [6.07, 6.45) is 2.07. The molecule has 0 radical (unpaired) electrons. The van der Waals surface area contributed by atoms with Crippen LogP contribution < -0.4 is 10.1 Å². The maximum atomic E-state index is 9.16. The molecule has 0 amide bonds. The second-order valence-corrected chi connectivity index (χ2v) is 5.98. The van der Waals surface area contributed by atoms with E-state index in [0.29, 0.717) is 10.8 Å². The number of halogens is 1. The second kappa shape index (κ2) is 7.73. The molecule has 0 saturated heterocycles. The fourth-order valence-corrected chi connectivity index (χ4v) is 2.10. The van der Waals surface area contributed by atoms with Crippen LogP contribution in [-0.4, -0.2) is 25.4 Å². The van der Waals surface area contributed by atoms with E-state index < -0.39 is 0 Å². The molecule has 0 saturated carbocycles. The van der Waals surface area contributed by atoms with Crippen LogP contribution in [0.3, 0.4) is 0 Å². The van der Waals surface area contributed by atoms with E-state index in [1.807, 2.05) is 18.2 Å². The van der Waals surface area contributed by atoms with E-state index >= 15 is 0 Å². The first-order valence-corrected chi connectivity index (χ1v) is 7.00. The lowest BCUT2D eigenvalue weighted by atomic mass is 9.89. The monoisotopic (exact) mass is 285 g/mol. The molecule has 0 aliphatic carbocycles. The highest BCUT2D eigenvalue weighted by molar-refractivity contribution is 6.32. The first-order chi connectivity index (χ1) is 8.98. The van der Waals surface area contributed by atoms with Gasteiger partial charge in [0.15, 0.2) is 0 Å². The first-order valence-electron chi connectivity index (χ1n) is 6.62. The van der Waals surface area contributed by atoms with E-state index in [4.69, 9.17) is 21.4 Å². The maximum Gasteiger partial charge on any atom is 0.137 e. The Morgan fingerprint density at radius 1 is 1.37 bits per heavy atom. The zero-order chi connectivity index (χ0) is 14.3. The number of benzene rings is 1. The molecule has 0 bridgehead atoms. The Hall–Kier alpha value is -0.770. The van der Waals surface area contributed by atoms with Crippen molar-refractivity contribution in [2.45, 2.75) is 33.2 Å². The lowest BCUT2D eigenvalue weighted by Crippen LogP contribution is -2.20. The Bertz CT molecular complexity index is 394. The number of hydrogen-bond acceptors (Lipinski definition) is 3. The summed E-state index contributed by atoms with van der Waals surface area (Å²) in [5.41, 5.74) is 1.16. The molecule has 0 fully saturated rings. The van der Waals surface area contributed by atoms with E-state index in [0.717, 1.165) is 31.5 Å². The molecule has 108 valence electrons. The van der Waals surface area contributed by atoms with Crippen molar-refractivity contribution in [3.8, 4) is 5.75 Å². The third kappa shape index (κ3) is 5.81. The van der Waals surface area contributed by atoms with Gasteiger partial charge in [-0.05, 0) is 42.5 Å². The quantitative estimate of drug-likeness (QED) is 0.721. The van der Waals surface area contributed by atoms with Gasteiger partial charge in [-0.1, -0.05) is 31.5 Å². The van der Waals surface area contributed by atoms with Gasteiger partial charge in [0.05, 0.1) is 12.1 Å². The van der Waals surface area contributed by atoms with Crippen LogP contribution in [0.25, 0.3) is 0 Å². The van der Waals surface area contributed by atoms with Gasteiger partial charge in [-0.15, -0.1) is 0 Å². The van der Waals surface area contributed by atoms with Crippen molar-refractivity contribution in [3.63, 3.8) is 0 Å². The topological polar surface area (TPSA) is 41.5 Å². The highest BCUT2D eigenvalue weighted by atomic mass is 35.5. The lowest BCUT2D eigenvalue weighted by Gasteiger charge is -2.21. The number of methoxy groups -OCH3 is 1. The molecular weight excluding hydrogens is 262 g/mol. The van der Waals surface area contributed by atoms with E-state index in [9.17, 15) is 0 Å². The minimum absolute atomic E-state index is 0.0189. The predicted octanol–water partition coefficient (Wildman–Crippen LogP) is 3.24. The van der Waals surface area contributed by atoms with Gasteiger partial charge in [0.1, 0.15) is 5.75 Å². The standard InChI is InChI=1S/C15H24ClNO2/c1-15(2,11-18)7-4-8-17-10-12-5-6-14(19-3)13(16)9-12/h5-6,9,17-18H,4,7-8,10-11H2,1-3H3. The zero-order valence-electron chi connectivity index (χ0n) is 12.0.